The van der Waals surface area contributed by atoms with Gasteiger partial charge >= 0.3 is 0 Å². The van der Waals surface area contributed by atoms with Crippen LogP contribution in [0.3, 0.4) is 0 Å². The molecule has 0 saturated heterocycles. The molecule has 1 aromatic heterocycles. The van der Waals surface area contributed by atoms with E-state index in [1.807, 2.05) is 6.07 Å². The first-order chi connectivity index (χ1) is 14.2. The SMILES string of the molecule is CC(C)(C)C1CCc2nc(SCCC(=O)Nc3cccc(Cl)c3Cl)c(C#N)cc2C1. The number of nitrogens with one attached hydrogen (secondary N) is 1. The van der Waals surface area contributed by atoms with E-state index in [-0.39, 0.29) is 17.7 Å². The van der Waals surface area contributed by atoms with Crippen LogP contribution in [-0.2, 0) is 17.6 Å². The zero-order valence-corrected chi connectivity index (χ0v) is 19.7. The summed E-state index contributed by atoms with van der Waals surface area (Å²) in [5, 5.41) is 13.8. The molecule has 0 radical (unpaired) electrons. The van der Waals surface area contributed by atoms with Crippen LogP contribution in [0.2, 0.25) is 10.0 Å². The van der Waals surface area contributed by atoms with Gasteiger partial charge in [0.05, 0.1) is 21.3 Å². The van der Waals surface area contributed by atoms with Crippen molar-refractivity contribution in [1.82, 2.24) is 4.98 Å². The van der Waals surface area contributed by atoms with Crippen LogP contribution in [0.25, 0.3) is 0 Å². The Morgan fingerprint density at radius 2 is 2.13 bits per heavy atom. The molecule has 0 spiro atoms. The van der Waals surface area contributed by atoms with Crippen LogP contribution in [0.15, 0.2) is 29.3 Å². The average Bonchev–Trinajstić information content (AvgIpc) is 2.69. The molecule has 1 amide bonds. The van der Waals surface area contributed by atoms with Crippen LogP contribution in [-0.4, -0.2) is 16.6 Å². The van der Waals surface area contributed by atoms with Crippen molar-refractivity contribution in [2.75, 3.05) is 11.1 Å². The predicted octanol–water partition coefficient (Wildman–Crippen LogP) is 6.53. The van der Waals surface area contributed by atoms with Crippen LogP contribution >= 0.6 is 35.0 Å². The van der Waals surface area contributed by atoms with E-state index in [9.17, 15) is 10.1 Å². The zero-order chi connectivity index (χ0) is 21.9. The summed E-state index contributed by atoms with van der Waals surface area (Å²) < 4.78 is 0. The fourth-order valence-electron chi connectivity index (χ4n) is 3.63. The van der Waals surface area contributed by atoms with E-state index in [0.717, 1.165) is 25.0 Å². The van der Waals surface area contributed by atoms with Gasteiger partial charge in [-0.3, -0.25) is 4.79 Å². The summed E-state index contributed by atoms with van der Waals surface area (Å²) in [6.45, 7) is 6.81. The minimum atomic E-state index is -0.156. The second-order valence-electron chi connectivity index (χ2n) is 8.61. The van der Waals surface area contributed by atoms with Crippen LogP contribution in [0.5, 0.6) is 0 Å². The molecular formula is C23H25Cl2N3OS. The molecule has 0 bridgehead atoms. The normalized spacial score (nSPS) is 15.9. The van der Waals surface area contributed by atoms with E-state index < -0.39 is 0 Å². The predicted molar refractivity (Wildman–Crippen MR) is 124 cm³/mol. The number of aromatic nitrogens is 1. The smallest absolute Gasteiger partial charge is 0.225 e. The van der Waals surface area contributed by atoms with Crippen molar-refractivity contribution in [1.29, 1.82) is 5.26 Å². The number of nitriles is 1. The Labute approximate surface area is 192 Å². The summed E-state index contributed by atoms with van der Waals surface area (Å²) in [7, 11) is 0. The van der Waals surface area contributed by atoms with Gasteiger partial charge in [0.2, 0.25) is 5.91 Å². The number of carbonyl (C=O) groups is 1. The van der Waals surface area contributed by atoms with Crippen molar-refractivity contribution in [2.24, 2.45) is 11.3 Å². The highest BCUT2D eigenvalue weighted by molar-refractivity contribution is 7.99. The molecule has 0 fully saturated rings. The van der Waals surface area contributed by atoms with E-state index in [4.69, 9.17) is 28.2 Å². The number of rotatable bonds is 5. The maximum absolute atomic E-state index is 12.3. The molecule has 1 heterocycles. The molecule has 2 aromatic rings. The van der Waals surface area contributed by atoms with Gasteiger partial charge in [-0.1, -0.05) is 50.0 Å². The lowest BCUT2D eigenvalue weighted by Gasteiger charge is -2.34. The van der Waals surface area contributed by atoms with Gasteiger partial charge in [0.1, 0.15) is 11.1 Å². The highest BCUT2D eigenvalue weighted by Crippen LogP contribution is 2.38. The van der Waals surface area contributed by atoms with Gasteiger partial charge in [-0.05, 0) is 54.4 Å². The maximum atomic E-state index is 12.3. The van der Waals surface area contributed by atoms with E-state index in [0.29, 0.717) is 38.0 Å². The third kappa shape index (κ3) is 5.49. The average molecular weight is 462 g/mol. The molecule has 1 atom stereocenters. The number of hydrogen-bond acceptors (Lipinski definition) is 4. The Kier molecular flexibility index (Phi) is 7.34. The van der Waals surface area contributed by atoms with Gasteiger partial charge in [-0.25, -0.2) is 4.98 Å². The van der Waals surface area contributed by atoms with Crippen molar-refractivity contribution < 1.29 is 4.79 Å². The summed E-state index contributed by atoms with van der Waals surface area (Å²) >= 11 is 13.5. The molecule has 0 saturated carbocycles. The van der Waals surface area contributed by atoms with Gasteiger partial charge in [0.15, 0.2) is 0 Å². The number of anilines is 1. The summed E-state index contributed by atoms with van der Waals surface area (Å²) in [5.41, 5.74) is 3.61. The van der Waals surface area contributed by atoms with E-state index in [1.54, 1.807) is 18.2 Å². The quantitative estimate of drug-likeness (QED) is 0.513. The third-order valence-corrected chi connectivity index (χ3v) is 7.30. The van der Waals surface area contributed by atoms with Crippen molar-refractivity contribution in [3.8, 4) is 6.07 Å². The van der Waals surface area contributed by atoms with Gasteiger partial charge in [-0.2, -0.15) is 5.26 Å². The first-order valence-electron chi connectivity index (χ1n) is 9.98. The largest absolute Gasteiger partial charge is 0.325 e. The van der Waals surface area contributed by atoms with Gasteiger partial charge < -0.3 is 5.32 Å². The lowest BCUT2D eigenvalue weighted by molar-refractivity contribution is -0.115. The number of carbonyl (C=O) groups excluding carboxylic acids is 1. The summed E-state index contributed by atoms with van der Waals surface area (Å²) in [4.78, 5) is 17.0. The van der Waals surface area contributed by atoms with E-state index in [1.165, 1.54) is 17.3 Å². The first-order valence-corrected chi connectivity index (χ1v) is 11.7. The fourth-order valence-corrected chi connectivity index (χ4v) is 4.89. The molecule has 7 heteroatoms. The fraction of sp³-hybridized carbons (Fsp3) is 0.435. The van der Waals surface area contributed by atoms with Gasteiger partial charge in [-0.15, -0.1) is 11.8 Å². The molecule has 158 valence electrons. The van der Waals surface area contributed by atoms with Crippen molar-refractivity contribution in [3.63, 3.8) is 0 Å². The third-order valence-electron chi connectivity index (χ3n) is 5.49. The topological polar surface area (TPSA) is 65.8 Å². The number of benzene rings is 1. The summed E-state index contributed by atoms with van der Waals surface area (Å²) in [5.74, 6) is 0.963. The Hall–Kier alpha value is -1.74. The molecule has 1 aliphatic carbocycles. The first kappa shape index (κ1) is 22.9. The van der Waals surface area contributed by atoms with Crippen LogP contribution in [0.1, 0.15) is 50.4 Å². The highest BCUT2D eigenvalue weighted by Gasteiger charge is 2.30. The van der Waals surface area contributed by atoms with Crippen LogP contribution in [0.4, 0.5) is 5.69 Å². The molecule has 1 unspecified atom stereocenters. The number of hydrogen-bond donors (Lipinski definition) is 1. The van der Waals surface area contributed by atoms with Gasteiger partial charge in [0, 0.05) is 17.9 Å². The Morgan fingerprint density at radius 1 is 1.37 bits per heavy atom. The number of pyridine rings is 1. The Morgan fingerprint density at radius 3 is 2.83 bits per heavy atom. The number of aryl methyl sites for hydroxylation is 1. The number of halogens is 2. The second-order valence-corrected chi connectivity index (χ2v) is 10.5. The summed E-state index contributed by atoms with van der Waals surface area (Å²) in [6.07, 6.45) is 3.30. The van der Waals surface area contributed by atoms with Crippen molar-refractivity contribution >= 4 is 46.6 Å². The Balaban J connectivity index is 1.63. The lowest BCUT2D eigenvalue weighted by atomic mass is 9.71. The van der Waals surface area contributed by atoms with Crippen molar-refractivity contribution in [3.05, 3.63) is 51.1 Å². The molecule has 3 rings (SSSR count). The van der Waals surface area contributed by atoms with Crippen molar-refractivity contribution in [2.45, 2.75) is 51.5 Å². The number of fused-ring (bicyclic) bond motifs is 1. The van der Waals surface area contributed by atoms with E-state index in [2.05, 4.69) is 32.2 Å². The standard InChI is InChI=1S/C23H25Cl2N3OS/c1-23(2,3)16-7-8-18-14(12-16)11-15(13-26)22(28-18)30-10-9-20(29)27-19-6-4-5-17(24)21(19)25/h4-6,11,16H,7-10,12H2,1-3H3,(H,27,29). The molecule has 1 N–H and O–H groups in total. The van der Waals surface area contributed by atoms with Crippen LogP contribution < -0.4 is 5.32 Å². The Bertz CT molecular complexity index is 995. The highest BCUT2D eigenvalue weighted by atomic mass is 35.5. The molecule has 1 aromatic carbocycles. The molecule has 4 nitrogen and oxygen atoms in total. The maximum Gasteiger partial charge on any atom is 0.225 e. The number of amides is 1. The van der Waals surface area contributed by atoms with Crippen LogP contribution in [0, 0.1) is 22.7 Å². The minimum Gasteiger partial charge on any atom is -0.325 e. The number of nitrogens with zero attached hydrogens (tertiary/aromatic N) is 2. The lowest BCUT2D eigenvalue weighted by Crippen LogP contribution is -2.27. The summed E-state index contributed by atoms with van der Waals surface area (Å²) in [6, 6.07) is 9.39. The molecular weight excluding hydrogens is 437 g/mol. The monoisotopic (exact) mass is 461 g/mol. The van der Waals surface area contributed by atoms with E-state index >= 15 is 0 Å². The molecule has 1 aliphatic rings. The minimum absolute atomic E-state index is 0.156. The van der Waals surface area contributed by atoms with Gasteiger partial charge in [0.25, 0.3) is 0 Å². The zero-order valence-electron chi connectivity index (χ0n) is 17.4. The number of thioether (sulfide) groups is 1. The molecule has 30 heavy (non-hydrogen) atoms. The molecule has 0 aliphatic heterocycles. The second kappa shape index (κ2) is 9.60.